The summed E-state index contributed by atoms with van der Waals surface area (Å²) < 4.78 is 6.73. The summed E-state index contributed by atoms with van der Waals surface area (Å²) in [5.41, 5.74) is 3.96. The van der Waals surface area contributed by atoms with Gasteiger partial charge in [-0.15, -0.1) is 11.3 Å². The van der Waals surface area contributed by atoms with Crippen molar-refractivity contribution in [3.63, 3.8) is 0 Å². The lowest BCUT2D eigenvalue weighted by molar-refractivity contribution is -0.134. The summed E-state index contributed by atoms with van der Waals surface area (Å²) in [4.78, 5) is 43.0. The molecule has 11 heteroatoms. The van der Waals surface area contributed by atoms with Crippen molar-refractivity contribution >= 4 is 50.0 Å². The molecule has 0 spiro atoms. The van der Waals surface area contributed by atoms with Gasteiger partial charge in [0.05, 0.1) is 35.1 Å². The highest BCUT2D eigenvalue weighted by molar-refractivity contribution is 7.19. The number of fused-ring (bicyclic) bond motifs is 2. The Hall–Kier alpha value is -3.67. The Balaban J connectivity index is 1.14. The molecule has 0 bridgehead atoms. The van der Waals surface area contributed by atoms with Crippen molar-refractivity contribution in [1.29, 1.82) is 0 Å². The van der Waals surface area contributed by atoms with Crippen LogP contribution in [0, 0.1) is 0 Å². The van der Waals surface area contributed by atoms with E-state index in [1.165, 1.54) is 4.88 Å². The number of allylic oxidation sites excluding steroid dienone is 2. The number of morpholine rings is 1. The highest BCUT2D eigenvalue weighted by Crippen LogP contribution is 2.36. The molecule has 0 saturated carbocycles. The molecule has 3 aromatic heterocycles. The van der Waals surface area contributed by atoms with Crippen molar-refractivity contribution in [2.75, 3.05) is 57.4 Å². The molecule has 226 valence electrons. The summed E-state index contributed by atoms with van der Waals surface area (Å²) in [6.07, 6.45) is 6.04. The van der Waals surface area contributed by atoms with Crippen LogP contribution in [0.2, 0.25) is 0 Å². The Bertz CT molecular complexity index is 1630. The Morgan fingerprint density at radius 2 is 1.86 bits per heavy atom. The summed E-state index contributed by atoms with van der Waals surface area (Å²) >= 11 is 1.76. The number of nitrogens with zero attached hydrogens (tertiary/aromatic N) is 6. The number of aromatic nitrogens is 4. The highest BCUT2D eigenvalue weighted by Gasteiger charge is 2.24. The van der Waals surface area contributed by atoms with Crippen molar-refractivity contribution in [3.8, 4) is 11.4 Å². The van der Waals surface area contributed by atoms with Crippen LogP contribution in [0.5, 0.6) is 0 Å². The lowest BCUT2D eigenvalue weighted by Crippen LogP contribution is -2.48. The third kappa shape index (κ3) is 6.79. The van der Waals surface area contributed by atoms with E-state index in [0.717, 1.165) is 83.6 Å². The minimum Gasteiger partial charge on any atom is -0.378 e. The molecule has 1 aromatic carbocycles. The molecule has 2 saturated heterocycles. The summed E-state index contributed by atoms with van der Waals surface area (Å²) in [5, 5.41) is 8.28. The minimum atomic E-state index is 0.0480. The van der Waals surface area contributed by atoms with Gasteiger partial charge in [0.25, 0.3) is 0 Å². The van der Waals surface area contributed by atoms with Crippen LogP contribution in [0.25, 0.3) is 32.5 Å². The Morgan fingerprint density at radius 1 is 1.05 bits per heavy atom. The highest BCUT2D eigenvalue weighted by atomic mass is 32.1. The molecule has 2 aliphatic rings. The molecule has 0 aliphatic carbocycles. The smallest absolute Gasteiger partial charge is 0.223 e. The number of H-pyrrole nitrogens is 1. The van der Waals surface area contributed by atoms with E-state index in [1.807, 2.05) is 30.2 Å². The lowest BCUT2D eigenvalue weighted by Gasteiger charge is -2.34. The maximum Gasteiger partial charge on any atom is 0.223 e. The minimum absolute atomic E-state index is 0.0480. The second-order valence-corrected chi connectivity index (χ2v) is 12.5. The van der Waals surface area contributed by atoms with E-state index in [0.29, 0.717) is 32.1 Å². The van der Waals surface area contributed by atoms with Gasteiger partial charge in [0.15, 0.2) is 17.4 Å². The molecular weight excluding hydrogens is 562 g/mol. The fourth-order valence-electron chi connectivity index (χ4n) is 5.89. The number of nitrogens with one attached hydrogen (secondary N) is 1. The number of hydrogen-bond donors (Lipinski definition) is 1. The second kappa shape index (κ2) is 13.3. The molecule has 5 heterocycles. The van der Waals surface area contributed by atoms with E-state index < -0.39 is 0 Å². The molecule has 2 fully saturated rings. The molecule has 1 N–H and O–H groups in total. The number of ketones is 1. The first-order valence-corrected chi connectivity index (χ1v) is 16.1. The fourth-order valence-corrected chi connectivity index (χ4v) is 7.05. The molecule has 6 rings (SSSR count). The van der Waals surface area contributed by atoms with Gasteiger partial charge >= 0.3 is 0 Å². The van der Waals surface area contributed by atoms with Crippen LogP contribution in [-0.2, 0) is 20.9 Å². The lowest BCUT2D eigenvalue weighted by atomic mass is 10.1. The third-order valence-electron chi connectivity index (χ3n) is 8.18. The second-order valence-electron chi connectivity index (χ2n) is 11.4. The largest absolute Gasteiger partial charge is 0.378 e. The van der Waals surface area contributed by atoms with Gasteiger partial charge in [-0.2, -0.15) is 5.10 Å². The average molecular weight is 602 g/mol. The van der Waals surface area contributed by atoms with E-state index in [2.05, 4.69) is 39.1 Å². The van der Waals surface area contributed by atoms with Gasteiger partial charge in [-0.25, -0.2) is 9.97 Å². The molecular formula is C32H39N7O3S. The standard InChI is InChI=1S/C32H39N7O3S/c1-3-5-22(2)18-23(40)8-9-29(41)38-12-10-37(11-13-38)21-24-19-28-30(43-24)32(39-14-16-42-17-15-39)35-31(34-28)25-6-4-7-27-26(25)20-33-36-27/h4,6-7,18-20H,3,5,8-17,21H2,1-2H3,(H,33,36). The molecule has 0 unspecified atom stereocenters. The average Bonchev–Trinajstić information content (AvgIpc) is 3.67. The quantitative estimate of drug-likeness (QED) is 0.258. The Morgan fingerprint density at radius 3 is 2.65 bits per heavy atom. The molecule has 43 heavy (non-hydrogen) atoms. The molecule has 10 nitrogen and oxygen atoms in total. The van der Waals surface area contributed by atoms with Crippen LogP contribution in [0.3, 0.4) is 0 Å². The summed E-state index contributed by atoms with van der Waals surface area (Å²) in [7, 11) is 0. The van der Waals surface area contributed by atoms with Crippen molar-refractivity contribution in [2.45, 2.75) is 46.1 Å². The van der Waals surface area contributed by atoms with Crippen LogP contribution in [0.1, 0.15) is 44.4 Å². The van der Waals surface area contributed by atoms with Crippen molar-refractivity contribution < 1.29 is 14.3 Å². The molecule has 4 aromatic rings. The van der Waals surface area contributed by atoms with Gasteiger partial charge in [-0.05, 0) is 31.6 Å². The van der Waals surface area contributed by atoms with Gasteiger partial charge in [0.2, 0.25) is 5.91 Å². The number of piperazine rings is 1. The van der Waals surface area contributed by atoms with Gasteiger partial charge in [-0.1, -0.05) is 31.1 Å². The topological polar surface area (TPSA) is 108 Å². The molecule has 0 radical (unpaired) electrons. The van der Waals surface area contributed by atoms with E-state index in [9.17, 15) is 9.59 Å². The maximum atomic E-state index is 12.8. The monoisotopic (exact) mass is 601 g/mol. The predicted molar refractivity (Wildman–Crippen MR) is 170 cm³/mol. The van der Waals surface area contributed by atoms with E-state index in [-0.39, 0.29) is 24.5 Å². The van der Waals surface area contributed by atoms with Gasteiger partial charge in [0.1, 0.15) is 0 Å². The van der Waals surface area contributed by atoms with Gasteiger partial charge < -0.3 is 14.5 Å². The fraction of sp³-hybridized carbons (Fsp3) is 0.469. The van der Waals surface area contributed by atoms with Crippen molar-refractivity contribution in [1.82, 2.24) is 30.0 Å². The number of rotatable bonds is 10. The summed E-state index contributed by atoms with van der Waals surface area (Å²) in [6.45, 7) is 10.8. The zero-order chi connectivity index (χ0) is 29.8. The van der Waals surface area contributed by atoms with Crippen LogP contribution < -0.4 is 4.90 Å². The van der Waals surface area contributed by atoms with Crippen LogP contribution in [-0.4, -0.2) is 94.1 Å². The van der Waals surface area contributed by atoms with Gasteiger partial charge in [0, 0.05) is 74.5 Å². The zero-order valence-corrected chi connectivity index (χ0v) is 25.8. The maximum absolute atomic E-state index is 12.8. The molecule has 2 aliphatic heterocycles. The predicted octanol–water partition coefficient (Wildman–Crippen LogP) is 4.81. The zero-order valence-electron chi connectivity index (χ0n) is 25.0. The molecule has 1 amide bonds. The summed E-state index contributed by atoms with van der Waals surface area (Å²) in [6, 6.07) is 8.26. The van der Waals surface area contributed by atoms with E-state index in [1.54, 1.807) is 17.4 Å². The normalized spacial score (nSPS) is 16.8. The van der Waals surface area contributed by atoms with Crippen LogP contribution >= 0.6 is 11.3 Å². The molecule has 0 atom stereocenters. The number of thiophene rings is 1. The SMILES string of the molecule is CCCC(C)=CC(=O)CCC(=O)N1CCN(Cc2cc3nc(-c4cccc5[nH]ncc45)nc(N4CCOCC4)c3s2)CC1. The van der Waals surface area contributed by atoms with Crippen molar-refractivity contribution in [3.05, 3.63) is 47.0 Å². The third-order valence-corrected chi connectivity index (χ3v) is 9.29. The number of carbonyl (C=O) groups is 2. The summed E-state index contributed by atoms with van der Waals surface area (Å²) in [5.74, 6) is 1.78. The number of anilines is 1. The number of carbonyl (C=O) groups excluding carboxylic acids is 2. The van der Waals surface area contributed by atoms with E-state index >= 15 is 0 Å². The first-order valence-electron chi connectivity index (χ1n) is 15.2. The number of ether oxygens (including phenoxy) is 1. The Kier molecular flexibility index (Phi) is 9.11. The van der Waals surface area contributed by atoms with Crippen LogP contribution in [0.4, 0.5) is 5.82 Å². The number of amides is 1. The first-order chi connectivity index (χ1) is 21.0. The first kappa shape index (κ1) is 29.4. The van der Waals surface area contributed by atoms with Crippen LogP contribution in [0.15, 0.2) is 42.1 Å². The van der Waals surface area contributed by atoms with Crippen molar-refractivity contribution in [2.24, 2.45) is 0 Å². The number of benzene rings is 1. The van der Waals surface area contributed by atoms with Gasteiger partial charge in [-0.3, -0.25) is 19.6 Å². The number of aromatic amines is 1. The van der Waals surface area contributed by atoms with E-state index in [4.69, 9.17) is 14.7 Å². The number of hydrogen-bond acceptors (Lipinski definition) is 9. The Labute approximate surface area is 255 Å².